The van der Waals surface area contributed by atoms with Crippen molar-refractivity contribution in [2.24, 2.45) is 11.8 Å². The van der Waals surface area contributed by atoms with Gasteiger partial charge in [-0.2, -0.15) is 0 Å². The van der Waals surface area contributed by atoms with Crippen molar-refractivity contribution in [2.45, 2.75) is 73.6 Å². The minimum Gasteiger partial charge on any atom is -0.382 e. The second kappa shape index (κ2) is 17.1. The van der Waals surface area contributed by atoms with Crippen LogP contribution in [0.3, 0.4) is 0 Å². The number of hydrogen-bond donors (Lipinski definition) is 3. The average molecular weight is 748 g/mol. The van der Waals surface area contributed by atoms with Gasteiger partial charge in [0.05, 0.1) is 22.1 Å². The Morgan fingerprint density at radius 2 is 1.23 bits per heavy atom. The maximum atomic E-state index is 12.1. The van der Waals surface area contributed by atoms with E-state index in [0.29, 0.717) is 29.7 Å². The number of hydrogen-bond acceptors (Lipinski definition) is 7. The number of unbranched alkanes of at least 4 members (excludes halogenated alkanes) is 1. The molecule has 0 spiro atoms. The number of nitrogens with two attached hydrogens (primary N) is 1. The highest BCUT2D eigenvalue weighted by molar-refractivity contribution is 6.08. The van der Waals surface area contributed by atoms with E-state index in [-0.39, 0.29) is 5.69 Å². The quantitative estimate of drug-likeness (QED) is 0.100. The van der Waals surface area contributed by atoms with Crippen LogP contribution in [0.2, 0.25) is 0 Å². The molecule has 288 valence electrons. The van der Waals surface area contributed by atoms with Gasteiger partial charge >= 0.3 is 5.69 Å². The minimum absolute atomic E-state index is 0.131. The number of nitrogens with zero attached hydrogens (tertiary/aromatic N) is 6. The highest BCUT2D eigenvalue weighted by Crippen LogP contribution is 2.35. The molecule has 0 bridgehead atoms. The smallest absolute Gasteiger partial charge is 0.326 e. The molecular formula is C46H53N9O. The first-order chi connectivity index (χ1) is 27.2. The van der Waals surface area contributed by atoms with E-state index in [4.69, 9.17) is 15.7 Å². The SMILES string of the molecule is CC(C)Cn1c(=O)[nH]c2c(N)nc3ccccc3c21.CCCCNc1nc2c(N(Cc3ccccc3)Cc3ccccc3)nc3ccccc3c2n1CC(C)C. The molecule has 0 saturated heterocycles. The van der Waals surface area contributed by atoms with Crippen molar-refractivity contribution in [3.8, 4) is 0 Å². The third-order valence-corrected chi connectivity index (χ3v) is 9.85. The number of aromatic nitrogens is 6. The molecular weight excluding hydrogens is 695 g/mol. The fourth-order valence-electron chi connectivity index (χ4n) is 7.34. The Kier molecular flexibility index (Phi) is 11.6. The predicted octanol–water partition coefficient (Wildman–Crippen LogP) is 9.78. The van der Waals surface area contributed by atoms with E-state index in [1.54, 1.807) is 4.57 Å². The Morgan fingerprint density at radius 1 is 0.696 bits per heavy atom. The predicted molar refractivity (Wildman–Crippen MR) is 233 cm³/mol. The Bertz CT molecular complexity index is 2560. The van der Waals surface area contributed by atoms with Crippen LogP contribution in [0.15, 0.2) is 114 Å². The van der Waals surface area contributed by atoms with Gasteiger partial charge in [0.15, 0.2) is 5.82 Å². The van der Waals surface area contributed by atoms with Crippen molar-refractivity contribution in [3.63, 3.8) is 0 Å². The topological polar surface area (TPSA) is 123 Å². The Labute approximate surface area is 328 Å². The first-order valence-electron chi connectivity index (χ1n) is 19.8. The molecule has 0 fully saturated rings. The molecule has 0 radical (unpaired) electrons. The summed E-state index contributed by atoms with van der Waals surface area (Å²) in [4.78, 5) is 32.1. The third kappa shape index (κ3) is 8.24. The molecule has 10 nitrogen and oxygen atoms in total. The number of nitrogen functional groups attached to an aromatic ring is 1. The number of fused-ring (bicyclic) bond motifs is 6. The summed E-state index contributed by atoms with van der Waals surface area (Å²) in [5, 5.41) is 5.74. The van der Waals surface area contributed by atoms with Gasteiger partial charge in [0.1, 0.15) is 16.9 Å². The molecule has 0 aliphatic carbocycles. The molecule has 56 heavy (non-hydrogen) atoms. The normalized spacial score (nSPS) is 11.6. The summed E-state index contributed by atoms with van der Waals surface area (Å²) < 4.78 is 4.13. The molecule has 10 heteroatoms. The molecule has 0 aliphatic rings. The van der Waals surface area contributed by atoms with Gasteiger partial charge in [-0.05, 0) is 41.5 Å². The van der Waals surface area contributed by atoms with Gasteiger partial charge in [-0.3, -0.25) is 4.57 Å². The highest BCUT2D eigenvalue weighted by atomic mass is 16.1. The zero-order valence-corrected chi connectivity index (χ0v) is 33.2. The number of rotatable bonds is 13. The van der Waals surface area contributed by atoms with Gasteiger partial charge in [-0.25, -0.2) is 19.7 Å². The number of imidazole rings is 2. The maximum Gasteiger partial charge on any atom is 0.326 e. The van der Waals surface area contributed by atoms with E-state index in [9.17, 15) is 4.79 Å². The molecule has 8 aromatic rings. The van der Waals surface area contributed by atoms with E-state index < -0.39 is 0 Å². The third-order valence-electron chi connectivity index (χ3n) is 9.85. The van der Waals surface area contributed by atoms with E-state index in [0.717, 1.165) is 83.6 Å². The van der Waals surface area contributed by atoms with Crippen molar-refractivity contribution in [1.82, 2.24) is 29.1 Å². The van der Waals surface area contributed by atoms with E-state index >= 15 is 0 Å². The molecule has 0 unspecified atom stereocenters. The largest absolute Gasteiger partial charge is 0.382 e. The summed E-state index contributed by atoms with van der Waals surface area (Å²) in [5.41, 5.74) is 13.7. The summed E-state index contributed by atoms with van der Waals surface area (Å²) >= 11 is 0. The van der Waals surface area contributed by atoms with Crippen LogP contribution in [-0.4, -0.2) is 35.6 Å². The molecule has 4 N–H and O–H groups in total. The van der Waals surface area contributed by atoms with Crippen molar-refractivity contribution < 1.29 is 0 Å². The fraction of sp³-hybridized carbons (Fsp3) is 0.304. The van der Waals surface area contributed by atoms with Crippen LogP contribution in [-0.2, 0) is 26.2 Å². The standard InChI is InChI=1S/C32H37N5.C14H16N4O/c1-4-5-20-33-32-35-29-30(37(32)21-24(2)3)27-18-12-13-19-28(27)34-31(29)36(22-25-14-8-6-9-15-25)23-26-16-10-7-11-17-26;1-8(2)7-18-12-9-5-3-4-6-10(9)16-13(15)11(12)17-14(18)19/h6-19,24H,4-5,20-23H2,1-3H3,(H,33,35);3-6,8H,7H2,1-2H3,(H2,15,16)(H,17,19). The maximum absolute atomic E-state index is 12.1. The van der Waals surface area contributed by atoms with Crippen LogP contribution in [0.4, 0.5) is 17.6 Å². The van der Waals surface area contributed by atoms with Crippen LogP contribution < -0.4 is 21.6 Å². The number of nitrogens with one attached hydrogen (secondary N) is 2. The first-order valence-corrected chi connectivity index (χ1v) is 19.8. The molecule has 0 saturated carbocycles. The number of anilines is 3. The van der Waals surface area contributed by atoms with E-state index in [2.05, 4.69) is 144 Å². The summed E-state index contributed by atoms with van der Waals surface area (Å²) in [6.45, 7) is 14.9. The fourth-order valence-corrected chi connectivity index (χ4v) is 7.34. The lowest BCUT2D eigenvalue weighted by Crippen LogP contribution is -2.23. The Hall–Kier alpha value is -6.16. The van der Waals surface area contributed by atoms with Crippen LogP contribution >= 0.6 is 0 Å². The van der Waals surface area contributed by atoms with Gasteiger partial charge in [-0.15, -0.1) is 0 Å². The summed E-state index contributed by atoms with van der Waals surface area (Å²) in [7, 11) is 0. The minimum atomic E-state index is -0.131. The van der Waals surface area contributed by atoms with Crippen molar-refractivity contribution in [1.29, 1.82) is 0 Å². The van der Waals surface area contributed by atoms with Crippen LogP contribution in [0.25, 0.3) is 43.9 Å². The second-order valence-electron chi connectivity index (χ2n) is 15.4. The lowest BCUT2D eigenvalue weighted by Gasteiger charge is -2.25. The summed E-state index contributed by atoms with van der Waals surface area (Å²) in [5.74, 6) is 3.11. The lowest BCUT2D eigenvalue weighted by molar-refractivity contribution is 0.523. The molecule has 0 aliphatic heterocycles. The summed E-state index contributed by atoms with van der Waals surface area (Å²) in [6, 6.07) is 37.5. The zero-order chi connectivity index (χ0) is 39.2. The lowest BCUT2D eigenvalue weighted by atomic mass is 10.1. The summed E-state index contributed by atoms with van der Waals surface area (Å²) in [6.07, 6.45) is 2.26. The van der Waals surface area contributed by atoms with Crippen LogP contribution in [0, 0.1) is 11.8 Å². The molecule has 4 aromatic carbocycles. The Morgan fingerprint density at radius 3 is 1.82 bits per heavy atom. The molecule has 4 heterocycles. The van der Waals surface area contributed by atoms with Gasteiger partial charge in [0.25, 0.3) is 0 Å². The Balaban J connectivity index is 0.000000211. The molecule has 0 amide bonds. The first kappa shape index (κ1) is 38.1. The van der Waals surface area contributed by atoms with Crippen molar-refractivity contribution >= 4 is 61.5 Å². The van der Waals surface area contributed by atoms with Gasteiger partial charge in [0.2, 0.25) is 5.95 Å². The van der Waals surface area contributed by atoms with Crippen LogP contribution in [0.5, 0.6) is 0 Å². The number of H-pyrrole nitrogens is 1. The zero-order valence-electron chi connectivity index (χ0n) is 33.2. The number of aromatic amines is 1. The van der Waals surface area contributed by atoms with Gasteiger partial charge < -0.3 is 25.5 Å². The monoisotopic (exact) mass is 747 g/mol. The molecule has 0 atom stereocenters. The van der Waals surface area contributed by atoms with Crippen molar-refractivity contribution in [2.75, 3.05) is 22.5 Å². The van der Waals surface area contributed by atoms with E-state index in [1.165, 1.54) is 16.6 Å². The number of para-hydroxylation sites is 2. The van der Waals surface area contributed by atoms with Crippen LogP contribution in [0.1, 0.15) is 58.6 Å². The average Bonchev–Trinajstić information content (AvgIpc) is 3.72. The highest BCUT2D eigenvalue weighted by Gasteiger charge is 2.23. The van der Waals surface area contributed by atoms with Crippen molar-refractivity contribution in [3.05, 3.63) is 131 Å². The van der Waals surface area contributed by atoms with Gasteiger partial charge in [-0.1, -0.05) is 138 Å². The van der Waals surface area contributed by atoms with E-state index in [1.807, 2.05) is 24.3 Å². The number of pyridine rings is 2. The molecule has 4 aromatic heterocycles. The molecule has 8 rings (SSSR count). The number of benzene rings is 4. The van der Waals surface area contributed by atoms with Gasteiger partial charge in [0, 0.05) is 43.5 Å². The second-order valence-corrected chi connectivity index (χ2v) is 15.4.